The van der Waals surface area contributed by atoms with Crippen LogP contribution < -0.4 is 11.1 Å². The number of hydrogen-bond acceptors (Lipinski definition) is 3. The van der Waals surface area contributed by atoms with Crippen molar-refractivity contribution in [3.05, 3.63) is 20.8 Å². The van der Waals surface area contributed by atoms with Crippen LogP contribution in [0.4, 0.5) is 0 Å². The zero-order valence-corrected chi connectivity index (χ0v) is 9.41. The van der Waals surface area contributed by atoms with Gasteiger partial charge in [0, 0.05) is 21.3 Å². The first-order valence-corrected chi connectivity index (χ1v) is 5.61. The van der Waals surface area contributed by atoms with Gasteiger partial charge in [0.2, 0.25) is 0 Å². The Morgan fingerprint density at radius 2 is 2.50 bits per heavy atom. The molecule has 0 aliphatic rings. The first-order chi connectivity index (χ1) is 5.74. The Bertz CT molecular complexity index is 237. The van der Waals surface area contributed by atoms with Gasteiger partial charge in [-0.2, -0.15) is 0 Å². The van der Waals surface area contributed by atoms with E-state index in [1.54, 1.807) is 11.3 Å². The van der Waals surface area contributed by atoms with Gasteiger partial charge in [-0.3, -0.25) is 0 Å². The summed E-state index contributed by atoms with van der Waals surface area (Å²) in [5, 5.41) is 5.28. The average molecular weight is 249 g/mol. The summed E-state index contributed by atoms with van der Waals surface area (Å²) >= 11 is 5.10. The summed E-state index contributed by atoms with van der Waals surface area (Å²) in [5.74, 6) is 0. The summed E-state index contributed by atoms with van der Waals surface area (Å²) in [7, 11) is 0. The van der Waals surface area contributed by atoms with Crippen LogP contribution >= 0.6 is 27.3 Å². The molecule has 4 heteroatoms. The predicted molar refractivity (Wildman–Crippen MR) is 57.5 cm³/mol. The molecule has 1 aromatic rings. The molecular weight excluding hydrogens is 236 g/mol. The van der Waals surface area contributed by atoms with E-state index in [1.807, 2.05) is 0 Å². The zero-order valence-electron chi connectivity index (χ0n) is 7.01. The number of nitrogens with one attached hydrogen (secondary N) is 1. The molecule has 1 aromatic heterocycles. The van der Waals surface area contributed by atoms with Crippen LogP contribution in [0.2, 0.25) is 0 Å². The van der Waals surface area contributed by atoms with E-state index < -0.39 is 0 Å². The predicted octanol–water partition coefficient (Wildman–Crippen LogP) is 2.12. The molecule has 1 unspecified atom stereocenters. The molecule has 0 aliphatic heterocycles. The molecule has 0 amide bonds. The van der Waals surface area contributed by atoms with E-state index in [9.17, 15) is 0 Å². The monoisotopic (exact) mass is 248 g/mol. The molecule has 3 N–H and O–H groups in total. The summed E-state index contributed by atoms with van der Waals surface area (Å²) < 4.78 is 1.12. The highest BCUT2D eigenvalue weighted by Gasteiger charge is 2.06. The summed E-state index contributed by atoms with van der Waals surface area (Å²) in [6.07, 6.45) is 0. The molecule has 1 rings (SSSR count). The molecule has 0 aromatic carbocycles. The smallest absolute Gasteiger partial charge is 0.0516 e. The molecule has 0 radical (unpaired) electrons. The van der Waals surface area contributed by atoms with Gasteiger partial charge in [-0.25, -0.2) is 0 Å². The molecule has 0 aliphatic carbocycles. The zero-order chi connectivity index (χ0) is 8.97. The van der Waals surface area contributed by atoms with Crippen LogP contribution in [0, 0.1) is 0 Å². The Morgan fingerprint density at radius 3 is 3.00 bits per heavy atom. The minimum atomic E-state index is 0.126. The summed E-state index contributed by atoms with van der Waals surface area (Å²) in [6.45, 7) is 3.90. The van der Waals surface area contributed by atoms with Gasteiger partial charge in [0.15, 0.2) is 0 Å². The third kappa shape index (κ3) is 2.86. The van der Waals surface area contributed by atoms with Crippen molar-refractivity contribution in [2.45, 2.75) is 13.0 Å². The number of halogens is 1. The molecule has 68 valence electrons. The van der Waals surface area contributed by atoms with Crippen molar-refractivity contribution in [2.24, 2.45) is 5.73 Å². The summed E-state index contributed by atoms with van der Waals surface area (Å²) in [4.78, 5) is 1.22. The third-order valence-corrected chi connectivity index (χ3v) is 3.39. The van der Waals surface area contributed by atoms with Gasteiger partial charge < -0.3 is 11.1 Å². The Hall–Kier alpha value is 0.1000. The molecule has 0 bridgehead atoms. The second kappa shape index (κ2) is 4.97. The van der Waals surface area contributed by atoms with E-state index in [2.05, 4.69) is 39.6 Å². The molecule has 0 saturated heterocycles. The van der Waals surface area contributed by atoms with Crippen LogP contribution in [0.3, 0.4) is 0 Å². The second-order valence-electron chi connectivity index (χ2n) is 2.58. The standard InChI is InChI=1S/C8H13BrN2S/c1-2-11-4-7(10)8-3-6(9)5-12-8/h3,5,7,11H,2,4,10H2,1H3. The van der Waals surface area contributed by atoms with E-state index in [-0.39, 0.29) is 6.04 Å². The number of hydrogen-bond donors (Lipinski definition) is 2. The van der Waals surface area contributed by atoms with Crippen LogP contribution in [0.25, 0.3) is 0 Å². The van der Waals surface area contributed by atoms with Crippen molar-refractivity contribution in [2.75, 3.05) is 13.1 Å². The lowest BCUT2D eigenvalue weighted by Gasteiger charge is -2.08. The topological polar surface area (TPSA) is 38.0 Å². The lowest BCUT2D eigenvalue weighted by molar-refractivity contribution is 0.623. The molecule has 1 heterocycles. The van der Waals surface area contributed by atoms with Crippen molar-refractivity contribution < 1.29 is 0 Å². The highest BCUT2D eigenvalue weighted by atomic mass is 79.9. The van der Waals surface area contributed by atoms with Crippen LogP contribution in [-0.4, -0.2) is 13.1 Å². The Kier molecular flexibility index (Phi) is 4.21. The number of nitrogens with two attached hydrogens (primary N) is 1. The first-order valence-electron chi connectivity index (χ1n) is 3.94. The first kappa shape index (κ1) is 10.2. The minimum Gasteiger partial charge on any atom is -0.322 e. The van der Waals surface area contributed by atoms with E-state index in [1.165, 1.54) is 4.88 Å². The van der Waals surface area contributed by atoms with Crippen LogP contribution in [-0.2, 0) is 0 Å². The maximum atomic E-state index is 5.92. The van der Waals surface area contributed by atoms with E-state index in [0.717, 1.165) is 17.6 Å². The van der Waals surface area contributed by atoms with Gasteiger partial charge in [-0.05, 0) is 28.5 Å². The van der Waals surface area contributed by atoms with Crippen molar-refractivity contribution in [3.8, 4) is 0 Å². The van der Waals surface area contributed by atoms with Gasteiger partial charge in [0.25, 0.3) is 0 Å². The van der Waals surface area contributed by atoms with Crippen molar-refractivity contribution >= 4 is 27.3 Å². The summed E-state index contributed by atoms with van der Waals surface area (Å²) in [5.41, 5.74) is 5.92. The number of rotatable bonds is 4. The molecule has 0 spiro atoms. The quantitative estimate of drug-likeness (QED) is 0.857. The van der Waals surface area contributed by atoms with Gasteiger partial charge in [0.1, 0.15) is 0 Å². The van der Waals surface area contributed by atoms with Crippen LogP contribution in [0.15, 0.2) is 15.9 Å². The molecular formula is C8H13BrN2S. The number of thiophene rings is 1. The van der Waals surface area contributed by atoms with E-state index in [4.69, 9.17) is 5.73 Å². The Morgan fingerprint density at radius 1 is 1.75 bits per heavy atom. The SMILES string of the molecule is CCNCC(N)c1cc(Br)cs1. The van der Waals surface area contributed by atoms with Gasteiger partial charge in [-0.15, -0.1) is 11.3 Å². The molecule has 0 fully saturated rings. The van der Waals surface area contributed by atoms with E-state index >= 15 is 0 Å². The van der Waals surface area contributed by atoms with Gasteiger partial charge in [-0.1, -0.05) is 6.92 Å². The fourth-order valence-electron chi connectivity index (χ4n) is 0.923. The third-order valence-electron chi connectivity index (χ3n) is 1.57. The lowest BCUT2D eigenvalue weighted by Crippen LogP contribution is -2.25. The second-order valence-corrected chi connectivity index (χ2v) is 4.44. The largest absolute Gasteiger partial charge is 0.322 e. The van der Waals surface area contributed by atoms with Gasteiger partial charge in [0.05, 0.1) is 6.04 Å². The van der Waals surface area contributed by atoms with Crippen molar-refractivity contribution in [1.29, 1.82) is 0 Å². The normalized spacial score (nSPS) is 13.2. The lowest BCUT2D eigenvalue weighted by atomic mass is 10.2. The van der Waals surface area contributed by atoms with Crippen molar-refractivity contribution in [1.82, 2.24) is 5.32 Å². The maximum absolute atomic E-state index is 5.92. The summed E-state index contributed by atoms with van der Waals surface area (Å²) in [6, 6.07) is 2.20. The molecule has 0 saturated carbocycles. The highest BCUT2D eigenvalue weighted by molar-refractivity contribution is 9.10. The van der Waals surface area contributed by atoms with E-state index in [0.29, 0.717) is 0 Å². The highest BCUT2D eigenvalue weighted by Crippen LogP contribution is 2.23. The number of likely N-dealkylation sites (N-methyl/N-ethyl adjacent to an activating group) is 1. The Labute approximate surface area is 85.3 Å². The maximum Gasteiger partial charge on any atom is 0.0516 e. The van der Waals surface area contributed by atoms with Crippen LogP contribution in [0.1, 0.15) is 17.8 Å². The average Bonchev–Trinajstić information content (AvgIpc) is 2.47. The Balaban J connectivity index is 2.47. The molecule has 1 atom stereocenters. The van der Waals surface area contributed by atoms with Crippen LogP contribution in [0.5, 0.6) is 0 Å². The molecule has 2 nitrogen and oxygen atoms in total. The minimum absolute atomic E-state index is 0.126. The fourth-order valence-corrected chi connectivity index (χ4v) is 2.37. The van der Waals surface area contributed by atoms with Crippen molar-refractivity contribution in [3.63, 3.8) is 0 Å². The molecule has 12 heavy (non-hydrogen) atoms. The van der Waals surface area contributed by atoms with Gasteiger partial charge >= 0.3 is 0 Å². The fraction of sp³-hybridized carbons (Fsp3) is 0.500.